The molecule has 0 aromatic heterocycles. The van der Waals surface area contributed by atoms with E-state index in [0.29, 0.717) is 38.1 Å². The molecule has 3 saturated heterocycles. The molecule has 2 unspecified atom stereocenters. The number of aliphatic hydroxyl groups excluding tert-OH is 1. The number of aliphatic hydroxyl groups is 1. The summed E-state index contributed by atoms with van der Waals surface area (Å²) in [6.07, 6.45) is 2.43. The van der Waals surface area contributed by atoms with Crippen LogP contribution in [-0.4, -0.2) is 62.6 Å². The van der Waals surface area contributed by atoms with Gasteiger partial charge >= 0.3 is 0 Å². The molecular formula is C13H20N2O3S. The molecule has 3 heterocycles. The van der Waals surface area contributed by atoms with Crippen molar-refractivity contribution in [1.82, 2.24) is 9.80 Å². The fraction of sp³-hybridized carbons (Fsp3) is 0.846. The van der Waals surface area contributed by atoms with Gasteiger partial charge in [0, 0.05) is 25.3 Å². The monoisotopic (exact) mass is 284 g/mol. The smallest absolute Gasteiger partial charge is 0.246 e. The van der Waals surface area contributed by atoms with Gasteiger partial charge in [-0.2, -0.15) is 0 Å². The van der Waals surface area contributed by atoms with Crippen molar-refractivity contribution in [2.24, 2.45) is 0 Å². The first-order chi connectivity index (χ1) is 9.01. The van der Waals surface area contributed by atoms with E-state index in [-0.39, 0.29) is 28.8 Å². The van der Waals surface area contributed by atoms with Gasteiger partial charge in [0.25, 0.3) is 0 Å². The van der Waals surface area contributed by atoms with Crippen LogP contribution in [0.5, 0.6) is 0 Å². The van der Waals surface area contributed by atoms with Crippen molar-refractivity contribution in [3.63, 3.8) is 0 Å². The van der Waals surface area contributed by atoms with Gasteiger partial charge in [-0.3, -0.25) is 9.59 Å². The fourth-order valence-corrected chi connectivity index (χ4v) is 4.72. The van der Waals surface area contributed by atoms with Crippen LogP contribution in [0.4, 0.5) is 0 Å². The van der Waals surface area contributed by atoms with Crippen LogP contribution in [0.15, 0.2) is 0 Å². The Morgan fingerprint density at radius 2 is 2.11 bits per heavy atom. The molecule has 0 aromatic rings. The number of amides is 2. The molecule has 0 spiro atoms. The Morgan fingerprint density at radius 3 is 2.79 bits per heavy atom. The third-order valence-electron chi connectivity index (χ3n) is 4.51. The summed E-state index contributed by atoms with van der Waals surface area (Å²) in [7, 11) is 0. The minimum atomic E-state index is -0.291. The minimum absolute atomic E-state index is 0.0679. The molecule has 0 aliphatic carbocycles. The number of piperidine rings is 1. The SMILES string of the molecule is CC12CCC(=O)N1C(C(=O)N1CCC(O)CC1)CS2. The molecule has 106 valence electrons. The predicted octanol–water partition coefficient (Wildman–Crippen LogP) is 0.424. The third kappa shape index (κ3) is 2.14. The highest BCUT2D eigenvalue weighted by molar-refractivity contribution is 8.01. The topological polar surface area (TPSA) is 60.9 Å². The van der Waals surface area contributed by atoms with Crippen molar-refractivity contribution in [2.75, 3.05) is 18.8 Å². The van der Waals surface area contributed by atoms with E-state index in [9.17, 15) is 14.7 Å². The largest absolute Gasteiger partial charge is 0.393 e. The Bertz CT molecular complexity index is 409. The molecule has 3 rings (SSSR count). The van der Waals surface area contributed by atoms with E-state index in [4.69, 9.17) is 0 Å². The maximum atomic E-state index is 12.6. The average Bonchev–Trinajstić information content (AvgIpc) is 2.87. The lowest BCUT2D eigenvalue weighted by atomic mass is 10.1. The Hall–Kier alpha value is -0.750. The lowest BCUT2D eigenvalue weighted by Gasteiger charge is -2.35. The van der Waals surface area contributed by atoms with E-state index in [1.165, 1.54) is 0 Å². The van der Waals surface area contributed by atoms with Gasteiger partial charge in [0.1, 0.15) is 6.04 Å². The molecular weight excluding hydrogens is 264 g/mol. The Kier molecular flexibility index (Phi) is 3.25. The molecule has 5 nitrogen and oxygen atoms in total. The number of fused-ring (bicyclic) bond motifs is 1. The predicted molar refractivity (Wildman–Crippen MR) is 72.6 cm³/mol. The second kappa shape index (κ2) is 4.66. The van der Waals surface area contributed by atoms with Gasteiger partial charge < -0.3 is 14.9 Å². The van der Waals surface area contributed by atoms with Crippen LogP contribution in [0.2, 0.25) is 0 Å². The van der Waals surface area contributed by atoms with Crippen molar-refractivity contribution in [3.8, 4) is 0 Å². The lowest BCUT2D eigenvalue weighted by molar-refractivity contribution is -0.145. The molecule has 2 amide bonds. The normalized spacial score (nSPS) is 35.9. The van der Waals surface area contributed by atoms with Gasteiger partial charge in [0.15, 0.2) is 0 Å². The molecule has 0 radical (unpaired) electrons. The van der Waals surface area contributed by atoms with Crippen molar-refractivity contribution >= 4 is 23.6 Å². The minimum Gasteiger partial charge on any atom is -0.393 e. The third-order valence-corrected chi connectivity index (χ3v) is 6.01. The summed E-state index contributed by atoms with van der Waals surface area (Å²) in [6, 6.07) is -0.291. The van der Waals surface area contributed by atoms with Crippen LogP contribution in [0.3, 0.4) is 0 Å². The zero-order chi connectivity index (χ0) is 13.6. The fourth-order valence-electron chi connectivity index (χ4n) is 3.30. The van der Waals surface area contributed by atoms with Crippen LogP contribution in [0.25, 0.3) is 0 Å². The highest BCUT2D eigenvalue weighted by atomic mass is 32.2. The summed E-state index contributed by atoms with van der Waals surface area (Å²) in [5.74, 6) is 0.890. The Morgan fingerprint density at radius 1 is 1.42 bits per heavy atom. The average molecular weight is 284 g/mol. The number of thioether (sulfide) groups is 1. The molecule has 3 aliphatic rings. The zero-order valence-electron chi connectivity index (χ0n) is 11.2. The number of carbonyl (C=O) groups excluding carboxylic acids is 2. The van der Waals surface area contributed by atoms with Crippen LogP contribution in [0, 0.1) is 0 Å². The zero-order valence-corrected chi connectivity index (χ0v) is 12.0. The molecule has 0 saturated carbocycles. The quantitative estimate of drug-likeness (QED) is 0.758. The van der Waals surface area contributed by atoms with Crippen LogP contribution in [0.1, 0.15) is 32.6 Å². The molecule has 6 heteroatoms. The van der Waals surface area contributed by atoms with Gasteiger partial charge in [0.2, 0.25) is 11.8 Å². The Labute approximate surface area is 117 Å². The summed E-state index contributed by atoms with van der Waals surface area (Å²) < 4.78 is 0. The molecule has 1 N–H and O–H groups in total. The van der Waals surface area contributed by atoms with E-state index in [2.05, 4.69) is 6.92 Å². The van der Waals surface area contributed by atoms with Crippen molar-refractivity contribution in [3.05, 3.63) is 0 Å². The molecule has 2 atom stereocenters. The van der Waals surface area contributed by atoms with Crippen molar-refractivity contribution in [2.45, 2.75) is 49.6 Å². The van der Waals surface area contributed by atoms with E-state index in [1.807, 2.05) is 9.80 Å². The van der Waals surface area contributed by atoms with Gasteiger partial charge in [-0.05, 0) is 26.2 Å². The number of rotatable bonds is 1. The molecule has 19 heavy (non-hydrogen) atoms. The summed E-state index contributed by atoms with van der Waals surface area (Å²) in [5, 5.41) is 9.50. The highest BCUT2D eigenvalue weighted by Gasteiger charge is 2.53. The second-order valence-corrected chi connectivity index (χ2v) is 7.32. The number of nitrogens with zero attached hydrogens (tertiary/aromatic N) is 2. The summed E-state index contributed by atoms with van der Waals surface area (Å²) in [5.41, 5.74) is 0. The van der Waals surface area contributed by atoms with E-state index < -0.39 is 0 Å². The first-order valence-corrected chi connectivity index (χ1v) is 7.93. The maximum Gasteiger partial charge on any atom is 0.246 e. The number of carbonyl (C=O) groups is 2. The summed E-state index contributed by atoms with van der Waals surface area (Å²) >= 11 is 1.73. The maximum absolute atomic E-state index is 12.6. The first kappa shape index (κ1) is 13.2. The van der Waals surface area contributed by atoms with Gasteiger partial charge in [-0.25, -0.2) is 0 Å². The molecule has 3 fully saturated rings. The van der Waals surface area contributed by atoms with Gasteiger partial charge in [0.05, 0.1) is 11.0 Å². The first-order valence-electron chi connectivity index (χ1n) is 6.94. The standard InChI is InChI=1S/C13H20N2O3S/c1-13-5-2-11(17)15(13)10(8-19-13)12(18)14-6-3-9(16)4-7-14/h9-10,16H,2-8H2,1H3. The second-order valence-electron chi connectivity index (χ2n) is 5.82. The van der Waals surface area contributed by atoms with Gasteiger partial charge in [-0.1, -0.05) is 0 Å². The van der Waals surface area contributed by atoms with Crippen LogP contribution in [-0.2, 0) is 9.59 Å². The Balaban J connectivity index is 1.72. The number of hydrogen-bond donors (Lipinski definition) is 1. The van der Waals surface area contributed by atoms with Gasteiger partial charge in [-0.15, -0.1) is 11.8 Å². The number of likely N-dealkylation sites (tertiary alicyclic amines) is 1. The van der Waals surface area contributed by atoms with E-state index in [1.54, 1.807) is 11.8 Å². The lowest BCUT2D eigenvalue weighted by Crippen LogP contribution is -2.53. The van der Waals surface area contributed by atoms with E-state index in [0.717, 1.165) is 6.42 Å². The number of hydrogen-bond acceptors (Lipinski definition) is 4. The molecule has 0 aromatic carbocycles. The van der Waals surface area contributed by atoms with Crippen LogP contribution >= 0.6 is 11.8 Å². The van der Waals surface area contributed by atoms with Crippen LogP contribution < -0.4 is 0 Å². The molecule has 0 bridgehead atoms. The highest BCUT2D eigenvalue weighted by Crippen LogP contribution is 2.47. The van der Waals surface area contributed by atoms with Crippen molar-refractivity contribution in [1.29, 1.82) is 0 Å². The summed E-state index contributed by atoms with van der Waals surface area (Å²) in [4.78, 5) is 28.0. The van der Waals surface area contributed by atoms with E-state index >= 15 is 0 Å². The van der Waals surface area contributed by atoms with Crippen molar-refractivity contribution < 1.29 is 14.7 Å². The summed E-state index contributed by atoms with van der Waals surface area (Å²) in [6.45, 7) is 3.29. The molecule has 3 aliphatic heterocycles.